The molecule has 1 aromatic carbocycles. The van der Waals surface area contributed by atoms with Crippen LogP contribution in [-0.4, -0.2) is 9.38 Å². The van der Waals surface area contributed by atoms with Crippen LogP contribution < -0.4 is 5.73 Å². The van der Waals surface area contributed by atoms with E-state index in [0.717, 1.165) is 28.3 Å². The van der Waals surface area contributed by atoms with Crippen molar-refractivity contribution in [3.63, 3.8) is 0 Å². The molecule has 0 spiro atoms. The van der Waals surface area contributed by atoms with E-state index in [1.54, 1.807) is 0 Å². The topological polar surface area (TPSA) is 43.3 Å². The van der Waals surface area contributed by atoms with Crippen LogP contribution in [0.1, 0.15) is 11.3 Å². The highest BCUT2D eigenvalue weighted by atomic mass is 15.0. The van der Waals surface area contributed by atoms with Gasteiger partial charge < -0.3 is 5.73 Å². The normalized spacial score (nSPS) is 11.0. The summed E-state index contributed by atoms with van der Waals surface area (Å²) in [5, 5.41) is 0. The first kappa shape index (κ1) is 10.8. The van der Waals surface area contributed by atoms with Crippen LogP contribution >= 0.6 is 0 Å². The van der Waals surface area contributed by atoms with Gasteiger partial charge in [0.05, 0.1) is 11.2 Å². The number of imidazole rings is 1. The maximum Gasteiger partial charge on any atom is 0.146 e. The Hall–Kier alpha value is -2.29. The molecule has 3 nitrogen and oxygen atoms in total. The number of rotatable bonds is 1. The first-order chi connectivity index (χ1) is 8.66. The van der Waals surface area contributed by atoms with Gasteiger partial charge in [-0.25, -0.2) is 4.98 Å². The van der Waals surface area contributed by atoms with E-state index in [9.17, 15) is 0 Å². The highest BCUT2D eigenvalue weighted by molar-refractivity contribution is 5.75. The Morgan fingerprint density at radius 1 is 1.11 bits per heavy atom. The van der Waals surface area contributed by atoms with E-state index in [4.69, 9.17) is 5.73 Å². The van der Waals surface area contributed by atoms with Gasteiger partial charge in [-0.2, -0.15) is 0 Å². The van der Waals surface area contributed by atoms with E-state index in [1.165, 1.54) is 5.56 Å². The van der Waals surface area contributed by atoms with Crippen LogP contribution in [0.15, 0.2) is 42.6 Å². The Kier molecular flexibility index (Phi) is 2.33. The largest absolute Gasteiger partial charge is 0.398 e. The first-order valence-corrected chi connectivity index (χ1v) is 5.97. The van der Waals surface area contributed by atoms with Gasteiger partial charge in [0.15, 0.2) is 0 Å². The van der Waals surface area contributed by atoms with E-state index in [0.29, 0.717) is 0 Å². The Morgan fingerprint density at radius 2 is 1.94 bits per heavy atom. The van der Waals surface area contributed by atoms with Crippen LogP contribution in [0, 0.1) is 13.8 Å². The lowest BCUT2D eigenvalue weighted by Crippen LogP contribution is -1.95. The van der Waals surface area contributed by atoms with Crippen LogP contribution in [0.2, 0.25) is 0 Å². The van der Waals surface area contributed by atoms with Crippen molar-refractivity contribution in [1.82, 2.24) is 9.38 Å². The van der Waals surface area contributed by atoms with Crippen molar-refractivity contribution in [3.05, 3.63) is 53.9 Å². The number of nitrogens with zero attached hydrogens (tertiary/aromatic N) is 2. The summed E-state index contributed by atoms with van der Waals surface area (Å²) < 4.78 is 2.08. The number of aromatic nitrogens is 2. The predicted molar refractivity (Wildman–Crippen MR) is 74.5 cm³/mol. The number of hydrogen-bond donors (Lipinski definition) is 1. The molecule has 2 heterocycles. The number of hydrogen-bond acceptors (Lipinski definition) is 2. The van der Waals surface area contributed by atoms with Gasteiger partial charge in [-0.15, -0.1) is 0 Å². The molecule has 3 rings (SSSR count). The third-order valence-electron chi connectivity index (χ3n) is 3.18. The second kappa shape index (κ2) is 3.88. The van der Waals surface area contributed by atoms with E-state index in [-0.39, 0.29) is 0 Å². The Labute approximate surface area is 106 Å². The SMILES string of the molecule is Cc1ccc(N)c(-c2nc(C)c3ccccn23)c1. The molecule has 0 saturated carbocycles. The Balaban J connectivity index is 2.35. The van der Waals surface area contributed by atoms with Crippen molar-refractivity contribution in [2.75, 3.05) is 5.73 Å². The third kappa shape index (κ3) is 1.56. The van der Waals surface area contributed by atoms with Crippen LogP contribution in [0.25, 0.3) is 16.9 Å². The summed E-state index contributed by atoms with van der Waals surface area (Å²) in [6, 6.07) is 12.1. The second-order valence-electron chi connectivity index (χ2n) is 4.57. The molecule has 2 N–H and O–H groups in total. The summed E-state index contributed by atoms with van der Waals surface area (Å²) in [7, 11) is 0. The van der Waals surface area contributed by atoms with Crippen molar-refractivity contribution >= 4 is 11.2 Å². The second-order valence-corrected chi connectivity index (χ2v) is 4.57. The standard InChI is InChI=1S/C15H15N3/c1-10-6-7-13(16)12(9-10)15-17-11(2)14-5-3-4-8-18(14)15/h3-9H,16H2,1-2H3. The summed E-state index contributed by atoms with van der Waals surface area (Å²) in [6.45, 7) is 4.08. The minimum Gasteiger partial charge on any atom is -0.398 e. The van der Waals surface area contributed by atoms with Gasteiger partial charge in [0.1, 0.15) is 5.82 Å². The van der Waals surface area contributed by atoms with Crippen molar-refractivity contribution in [3.8, 4) is 11.4 Å². The Morgan fingerprint density at radius 3 is 2.78 bits per heavy atom. The molecule has 0 aliphatic heterocycles. The molecule has 0 atom stereocenters. The van der Waals surface area contributed by atoms with Crippen molar-refractivity contribution in [2.45, 2.75) is 13.8 Å². The van der Waals surface area contributed by atoms with Gasteiger partial charge in [0.2, 0.25) is 0 Å². The molecule has 3 heteroatoms. The lowest BCUT2D eigenvalue weighted by Gasteiger charge is -2.06. The molecule has 0 aliphatic rings. The zero-order chi connectivity index (χ0) is 12.7. The number of nitrogens with two attached hydrogens (primary N) is 1. The van der Waals surface area contributed by atoms with Crippen LogP contribution in [0.5, 0.6) is 0 Å². The molecule has 0 aliphatic carbocycles. The molecule has 0 fully saturated rings. The Bertz CT molecular complexity index is 726. The van der Waals surface area contributed by atoms with Gasteiger partial charge in [0.25, 0.3) is 0 Å². The van der Waals surface area contributed by atoms with E-state index >= 15 is 0 Å². The van der Waals surface area contributed by atoms with E-state index < -0.39 is 0 Å². The molecule has 3 aromatic rings. The summed E-state index contributed by atoms with van der Waals surface area (Å²) >= 11 is 0. The maximum atomic E-state index is 6.07. The minimum absolute atomic E-state index is 0.761. The summed E-state index contributed by atoms with van der Waals surface area (Å²) in [4.78, 5) is 4.64. The highest BCUT2D eigenvalue weighted by Gasteiger charge is 2.11. The number of pyridine rings is 1. The molecule has 0 unspecified atom stereocenters. The van der Waals surface area contributed by atoms with Crippen molar-refractivity contribution in [1.29, 1.82) is 0 Å². The summed E-state index contributed by atoms with van der Waals surface area (Å²) in [6.07, 6.45) is 2.02. The molecular formula is C15H15N3. The highest BCUT2D eigenvalue weighted by Crippen LogP contribution is 2.28. The number of nitrogen functional groups attached to an aromatic ring is 1. The van der Waals surface area contributed by atoms with Gasteiger partial charge in [-0.05, 0) is 38.1 Å². The van der Waals surface area contributed by atoms with Crippen LogP contribution in [0.3, 0.4) is 0 Å². The average molecular weight is 237 g/mol. The lowest BCUT2D eigenvalue weighted by molar-refractivity contribution is 1.16. The zero-order valence-electron chi connectivity index (χ0n) is 10.5. The monoisotopic (exact) mass is 237 g/mol. The van der Waals surface area contributed by atoms with Gasteiger partial charge in [-0.1, -0.05) is 17.7 Å². The number of aryl methyl sites for hydroxylation is 2. The molecular weight excluding hydrogens is 222 g/mol. The quantitative estimate of drug-likeness (QED) is 0.660. The van der Waals surface area contributed by atoms with Crippen LogP contribution in [-0.2, 0) is 0 Å². The fourth-order valence-corrected chi connectivity index (χ4v) is 2.25. The molecule has 0 radical (unpaired) electrons. The average Bonchev–Trinajstić information content (AvgIpc) is 2.71. The number of fused-ring (bicyclic) bond motifs is 1. The van der Waals surface area contributed by atoms with Gasteiger partial charge in [0, 0.05) is 17.4 Å². The molecule has 2 aromatic heterocycles. The maximum absolute atomic E-state index is 6.07. The fraction of sp³-hybridized carbons (Fsp3) is 0.133. The lowest BCUT2D eigenvalue weighted by atomic mass is 10.1. The van der Waals surface area contributed by atoms with E-state index in [1.807, 2.05) is 37.4 Å². The molecule has 18 heavy (non-hydrogen) atoms. The predicted octanol–water partition coefficient (Wildman–Crippen LogP) is 3.20. The van der Waals surface area contributed by atoms with Crippen molar-refractivity contribution in [2.24, 2.45) is 0 Å². The van der Waals surface area contributed by atoms with Gasteiger partial charge in [-0.3, -0.25) is 4.40 Å². The minimum atomic E-state index is 0.761. The molecule has 90 valence electrons. The molecule has 0 saturated heterocycles. The van der Waals surface area contributed by atoms with Crippen LogP contribution in [0.4, 0.5) is 5.69 Å². The van der Waals surface area contributed by atoms with Gasteiger partial charge >= 0.3 is 0 Å². The fourth-order valence-electron chi connectivity index (χ4n) is 2.25. The first-order valence-electron chi connectivity index (χ1n) is 5.97. The zero-order valence-corrected chi connectivity index (χ0v) is 10.5. The third-order valence-corrected chi connectivity index (χ3v) is 3.18. The van der Waals surface area contributed by atoms with E-state index in [2.05, 4.69) is 28.4 Å². The molecule has 0 bridgehead atoms. The smallest absolute Gasteiger partial charge is 0.146 e. The summed E-state index contributed by atoms with van der Waals surface area (Å²) in [5.41, 5.74) is 11.1. The number of benzene rings is 1. The van der Waals surface area contributed by atoms with Crippen molar-refractivity contribution < 1.29 is 0 Å². The number of anilines is 1. The molecule has 0 amide bonds. The summed E-state index contributed by atoms with van der Waals surface area (Å²) in [5.74, 6) is 0.907.